The maximum atomic E-state index is 13.1. The molecule has 0 amide bonds. The molecule has 0 bridgehead atoms. The van der Waals surface area contributed by atoms with E-state index in [1.54, 1.807) is 20.2 Å². The monoisotopic (exact) mass is 365 g/mol. The van der Waals surface area contributed by atoms with Gasteiger partial charge in [-0.1, -0.05) is 25.1 Å². The fourth-order valence-corrected chi connectivity index (χ4v) is 2.95. The standard InChI is InChI=1S/C17H18F3N5O/c1-4-12(11-7-5-6-8-13(11)26-3)24(2)15-10-9-14-21-22-16(17(18,19)20)25(14)23-15/h5-10,12H,4H2,1-3H3. The first-order valence-electron chi connectivity index (χ1n) is 8.02. The first kappa shape index (κ1) is 18.0. The lowest BCUT2D eigenvalue weighted by Crippen LogP contribution is -2.26. The Morgan fingerprint density at radius 3 is 2.54 bits per heavy atom. The highest BCUT2D eigenvalue weighted by molar-refractivity contribution is 5.49. The molecule has 3 aromatic rings. The Balaban J connectivity index is 2.04. The van der Waals surface area contributed by atoms with E-state index < -0.39 is 12.0 Å². The summed E-state index contributed by atoms with van der Waals surface area (Å²) in [5.41, 5.74) is 0.974. The number of anilines is 1. The van der Waals surface area contributed by atoms with Crippen molar-refractivity contribution in [1.29, 1.82) is 0 Å². The van der Waals surface area contributed by atoms with Crippen LogP contribution in [0, 0.1) is 0 Å². The van der Waals surface area contributed by atoms with Gasteiger partial charge < -0.3 is 9.64 Å². The number of hydrogen-bond acceptors (Lipinski definition) is 5. The average molecular weight is 365 g/mol. The predicted molar refractivity (Wildman–Crippen MR) is 90.2 cm³/mol. The molecule has 26 heavy (non-hydrogen) atoms. The summed E-state index contributed by atoms with van der Waals surface area (Å²) in [6, 6.07) is 10.5. The molecule has 6 nitrogen and oxygen atoms in total. The quantitative estimate of drug-likeness (QED) is 0.689. The first-order valence-corrected chi connectivity index (χ1v) is 8.02. The summed E-state index contributed by atoms with van der Waals surface area (Å²) in [7, 11) is 3.37. The third-order valence-corrected chi connectivity index (χ3v) is 4.22. The Morgan fingerprint density at radius 1 is 1.15 bits per heavy atom. The van der Waals surface area contributed by atoms with E-state index in [1.165, 1.54) is 6.07 Å². The summed E-state index contributed by atoms with van der Waals surface area (Å²) in [4.78, 5) is 1.82. The molecule has 0 saturated carbocycles. The van der Waals surface area contributed by atoms with Crippen LogP contribution in [0.25, 0.3) is 5.65 Å². The van der Waals surface area contributed by atoms with E-state index in [9.17, 15) is 13.2 Å². The molecular formula is C17H18F3N5O. The first-order chi connectivity index (χ1) is 12.4. The summed E-state index contributed by atoms with van der Waals surface area (Å²) in [5, 5.41) is 10.8. The molecule has 0 aliphatic rings. The van der Waals surface area contributed by atoms with Gasteiger partial charge in [-0.2, -0.15) is 17.7 Å². The summed E-state index contributed by atoms with van der Waals surface area (Å²) in [5.74, 6) is -0.0544. The number of halogens is 3. The van der Waals surface area contributed by atoms with Gasteiger partial charge in [-0.05, 0) is 24.6 Å². The zero-order chi connectivity index (χ0) is 18.9. The fourth-order valence-electron chi connectivity index (χ4n) is 2.95. The number of methoxy groups -OCH3 is 1. The third kappa shape index (κ3) is 3.16. The van der Waals surface area contributed by atoms with E-state index in [4.69, 9.17) is 4.74 Å². The van der Waals surface area contributed by atoms with Crippen LogP contribution in [0.3, 0.4) is 0 Å². The van der Waals surface area contributed by atoms with Crippen molar-refractivity contribution in [1.82, 2.24) is 19.8 Å². The van der Waals surface area contributed by atoms with Crippen LogP contribution in [0.2, 0.25) is 0 Å². The van der Waals surface area contributed by atoms with Gasteiger partial charge in [-0.25, -0.2) is 0 Å². The van der Waals surface area contributed by atoms with Crippen LogP contribution in [0.15, 0.2) is 36.4 Å². The van der Waals surface area contributed by atoms with Gasteiger partial charge in [-0.3, -0.25) is 0 Å². The van der Waals surface area contributed by atoms with Gasteiger partial charge in [0.25, 0.3) is 5.82 Å². The largest absolute Gasteiger partial charge is 0.496 e. The van der Waals surface area contributed by atoms with Crippen molar-refractivity contribution in [2.45, 2.75) is 25.6 Å². The third-order valence-electron chi connectivity index (χ3n) is 4.22. The van der Waals surface area contributed by atoms with Gasteiger partial charge in [0.2, 0.25) is 0 Å². The Labute approximate surface area is 148 Å². The summed E-state index contributed by atoms with van der Waals surface area (Å²) in [6.07, 6.45) is -3.92. The summed E-state index contributed by atoms with van der Waals surface area (Å²) < 4.78 is 45.4. The number of para-hydroxylation sites is 1. The predicted octanol–water partition coefficient (Wildman–Crippen LogP) is 3.74. The van der Waals surface area contributed by atoms with E-state index in [1.807, 2.05) is 36.1 Å². The zero-order valence-electron chi connectivity index (χ0n) is 14.5. The van der Waals surface area contributed by atoms with Crippen LogP contribution in [0.4, 0.5) is 19.0 Å². The molecule has 9 heteroatoms. The molecule has 3 rings (SSSR count). The zero-order valence-corrected chi connectivity index (χ0v) is 14.5. The number of nitrogens with zero attached hydrogens (tertiary/aromatic N) is 5. The SMILES string of the molecule is CCC(c1ccccc1OC)N(C)c1ccc2nnc(C(F)(F)F)n2n1. The molecule has 1 atom stereocenters. The van der Waals surface area contributed by atoms with Gasteiger partial charge >= 0.3 is 6.18 Å². The van der Waals surface area contributed by atoms with E-state index in [0.29, 0.717) is 18.0 Å². The molecule has 138 valence electrons. The Morgan fingerprint density at radius 2 is 1.88 bits per heavy atom. The highest BCUT2D eigenvalue weighted by atomic mass is 19.4. The lowest BCUT2D eigenvalue weighted by molar-refractivity contribution is -0.146. The topological polar surface area (TPSA) is 55.5 Å². The van der Waals surface area contributed by atoms with Gasteiger partial charge in [0.15, 0.2) is 5.65 Å². The van der Waals surface area contributed by atoms with Crippen LogP contribution in [0.1, 0.15) is 30.8 Å². The van der Waals surface area contributed by atoms with Crippen LogP contribution < -0.4 is 9.64 Å². The molecule has 0 spiro atoms. The average Bonchev–Trinajstić information content (AvgIpc) is 3.06. The number of rotatable bonds is 5. The van der Waals surface area contributed by atoms with Crippen molar-refractivity contribution in [3.63, 3.8) is 0 Å². The van der Waals surface area contributed by atoms with Crippen molar-refractivity contribution >= 4 is 11.5 Å². The molecule has 0 saturated heterocycles. The van der Waals surface area contributed by atoms with Crippen molar-refractivity contribution in [2.75, 3.05) is 19.1 Å². The van der Waals surface area contributed by atoms with E-state index >= 15 is 0 Å². The molecule has 2 heterocycles. The lowest BCUT2D eigenvalue weighted by atomic mass is 10.0. The highest BCUT2D eigenvalue weighted by Gasteiger charge is 2.37. The molecule has 0 N–H and O–H groups in total. The van der Waals surface area contributed by atoms with Gasteiger partial charge in [0.05, 0.1) is 13.2 Å². The molecular weight excluding hydrogens is 347 g/mol. The second-order valence-electron chi connectivity index (χ2n) is 5.76. The summed E-state index contributed by atoms with van der Waals surface area (Å²) in [6.45, 7) is 1.99. The maximum absolute atomic E-state index is 13.1. The van der Waals surface area contributed by atoms with E-state index in [0.717, 1.165) is 10.1 Å². The van der Waals surface area contributed by atoms with Gasteiger partial charge in [0.1, 0.15) is 11.6 Å². The van der Waals surface area contributed by atoms with E-state index in [-0.39, 0.29) is 11.7 Å². The van der Waals surface area contributed by atoms with Gasteiger partial charge in [-0.15, -0.1) is 15.3 Å². The van der Waals surface area contributed by atoms with Crippen molar-refractivity contribution in [2.24, 2.45) is 0 Å². The van der Waals surface area contributed by atoms with Crippen molar-refractivity contribution < 1.29 is 17.9 Å². The second-order valence-corrected chi connectivity index (χ2v) is 5.76. The van der Waals surface area contributed by atoms with Crippen LogP contribution in [-0.4, -0.2) is 34.0 Å². The number of alkyl halides is 3. The summed E-state index contributed by atoms with van der Waals surface area (Å²) >= 11 is 0. The number of benzene rings is 1. The molecule has 0 fully saturated rings. The van der Waals surface area contributed by atoms with Crippen molar-refractivity contribution in [3.05, 3.63) is 47.8 Å². The second kappa shape index (κ2) is 6.81. The number of ether oxygens (including phenoxy) is 1. The number of hydrogen-bond donors (Lipinski definition) is 0. The number of aromatic nitrogens is 4. The van der Waals surface area contributed by atoms with Gasteiger partial charge in [0, 0.05) is 12.6 Å². The Hall–Kier alpha value is -2.84. The molecule has 0 aliphatic heterocycles. The Kier molecular flexibility index (Phi) is 4.71. The minimum absolute atomic E-state index is 0.0415. The van der Waals surface area contributed by atoms with Crippen LogP contribution >= 0.6 is 0 Å². The normalized spacial score (nSPS) is 13.0. The highest BCUT2D eigenvalue weighted by Crippen LogP contribution is 2.33. The Bertz CT molecular complexity index is 909. The number of fused-ring (bicyclic) bond motifs is 1. The minimum Gasteiger partial charge on any atom is -0.496 e. The lowest BCUT2D eigenvalue weighted by Gasteiger charge is -2.29. The fraction of sp³-hybridized carbons (Fsp3) is 0.353. The van der Waals surface area contributed by atoms with Crippen molar-refractivity contribution in [3.8, 4) is 5.75 Å². The van der Waals surface area contributed by atoms with E-state index in [2.05, 4.69) is 15.3 Å². The van der Waals surface area contributed by atoms with Crippen LogP contribution in [0.5, 0.6) is 5.75 Å². The molecule has 0 radical (unpaired) electrons. The minimum atomic E-state index is -4.63. The smallest absolute Gasteiger partial charge is 0.453 e. The maximum Gasteiger partial charge on any atom is 0.453 e. The molecule has 1 aromatic carbocycles. The van der Waals surface area contributed by atoms with Crippen LogP contribution in [-0.2, 0) is 6.18 Å². The molecule has 2 aromatic heterocycles. The molecule has 0 aliphatic carbocycles. The molecule has 1 unspecified atom stereocenters.